The second kappa shape index (κ2) is 5.83. The van der Waals surface area contributed by atoms with Crippen LogP contribution < -0.4 is 0 Å². The number of rotatable bonds is 1. The highest BCUT2D eigenvalue weighted by atomic mass is 16.6. The van der Waals surface area contributed by atoms with Gasteiger partial charge in [0.15, 0.2) is 0 Å². The van der Waals surface area contributed by atoms with Gasteiger partial charge in [0.05, 0.1) is 0 Å². The largest absolute Gasteiger partial charge is 0.444 e. The van der Waals surface area contributed by atoms with Gasteiger partial charge in [-0.25, -0.2) is 4.79 Å². The van der Waals surface area contributed by atoms with E-state index in [-0.39, 0.29) is 12.3 Å². The highest BCUT2D eigenvalue weighted by Gasteiger charge is 2.34. The topological polar surface area (TPSA) is 32.8 Å². The maximum absolute atomic E-state index is 12.4. The van der Waals surface area contributed by atoms with Crippen LogP contribution in [0.15, 0.2) is 30.3 Å². The van der Waals surface area contributed by atoms with Gasteiger partial charge in [0.2, 0.25) is 0 Å². The highest BCUT2D eigenvalue weighted by molar-refractivity contribution is 5.69. The van der Waals surface area contributed by atoms with E-state index in [1.54, 1.807) is 0 Å². The summed E-state index contributed by atoms with van der Waals surface area (Å²) >= 11 is 0. The molecule has 0 aromatic heterocycles. The molecule has 1 aliphatic rings. The van der Waals surface area contributed by atoms with Gasteiger partial charge < -0.3 is 4.74 Å². The third-order valence-corrected chi connectivity index (χ3v) is 3.35. The van der Waals surface area contributed by atoms with Crippen LogP contribution in [0, 0.1) is 0 Å². The summed E-state index contributed by atoms with van der Waals surface area (Å²) in [5, 5.41) is 0. The van der Waals surface area contributed by atoms with Gasteiger partial charge >= 0.3 is 6.09 Å². The Balaban J connectivity index is 2.23. The number of hydrogen-bond acceptors (Lipinski definition) is 3. The molecule has 1 amide bonds. The van der Waals surface area contributed by atoms with E-state index in [4.69, 9.17) is 4.74 Å². The molecule has 1 unspecified atom stereocenters. The van der Waals surface area contributed by atoms with Crippen LogP contribution in [-0.2, 0) is 4.74 Å². The minimum Gasteiger partial charge on any atom is -0.444 e. The molecular formula is C16H24N2O2. The highest BCUT2D eigenvalue weighted by Crippen LogP contribution is 2.29. The first-order valence-corrected chi connectivity index (χ1v) is 7.13. The van der Waals surface area contributed by atoms with E-state index in [0.717, 1.165) is 25.1 Å². The molecule has 0 spiro atoms. The van der Waals surface area contributed by atoms with Gasteiger partial charge in [0.1, 0.15) is 11.8 Å². The van der Waals surface area contributed by atoms with Crippen molar-refractivity contribution in [3.8, 4) is 0 Å². The fraction of sp³-hybridized carbons (Fsp3) is 0.562. The fourth-order valence-electron chi connectivity index (χ4n) is 2.54. The van der Waals surface area contributed by atoms with Crippen molar-refractivity contribution in [3.63, 3.8) is 0 Å². The lowest BCUT2D eigenvalue weighted by molar-refractivity contribution is -0.0232. The molecule has 1 aliphatic heterocycles. The molecule has 1 atom stereocenters. The summed E-state index contributed by atoms with van der Waals surface area (Å²) in [5.41, 5.74) is 0.662. The average Bonchev–Trinajstić information content (AvgIpc) is 2.37. The van der Waals surface area contributed by atoms with E-state index < -0.39 is 5.60 Å². The Labute approximate surface area is 121 Å². The number of hydrogen-bond donors (Lipinski definition) is 0. The van der Waals surface area contributed by atoms with Gasteiger partial charge in [-0.2, -0.15) is 0 Å². The van der Waals surface area contributed by atoms with Crippen LogP contribution in [0.3, 0.4) is 0 Å². The fourth-order valence-corrected chi connectivity index (χ4v) is 2.54. The molecule has 0 radical (unpaired) electrons. The molecule has 1 saturated heterocycles. The summed E-state index contributed by atoms with van der Waals surface area (Å²) in [6.07, 6.45) is 0.691. The summed E-state index contributed by atoms with van der Waals surface area (Å²) in [5.74, 6) is 0. The van der Waals surface area contributed by atoms with E-state index in [0.29, 0.717) is 0 Å². The van der Waals surface area contributed by atoms with E-state index in [1.165, 1.54) is 0 Å². The van der Waals surface area contributed by atoms with Crippen molar-refractivity contribution in [3.05, 3.63) is 35.9 Å². The minimum absolute atomic E-state index is 0.0419. The first-order valence-electron chi connectivity index (χ1n) is 7.13. The number of carbonyl (C=O) groups is 1. The molecule has 0 bridgehead atoms. The van der Waals surface area contributed by atoms with E-state index in [2.05, 4.69) is 17.0 Å². The zero-order valence-electron chi connectivity index (χ0n) is 12.8. The quantitative estimate of drug-likeness (QED) is 0.789. The maximum atomic E-state index is 12.4. The number of benzene rings is 1. The second-order valence-corrected chi connectivity index (χ2v) is 6.29. The molecule has 1 fully saturated rings. The predicted octanol–water partition coefficient (Wildman–Crippen LogP) is 3.26. The van der Waals surface area contributed by atoms with Gasteiger partial charge in [-0.05, 0) is 39.8 Å². The number of ether oxygens (including phenoxy) is 1. The third kappa shape index (κ3) is 3.51. The zero-order valence-corrected chi connectivity index (χ0v) is 12.8. The lowest BCUT2D eigenvalue weighted by Crippen LogP contribution is -2.50. The molecule has 20 heavy (non-hydrogen) atoms. The smallest absolute Gasteiger partial charge is 0.411 e. The molecule has 1 aromatic carbocycles. The standard InChI is InChI=1S/C16H24N2O2/c1-16(2,3)20-15(19)18-12-8-11-17(4)14(18)13-9-6-5-7-10-13/h5-7,9-10,14H,8,11-12H2,1-4H3. The second-order valence-electron chi connectivity index (χ2n) is 6.29. The zero-order chi connectivity index (χ0) is 14.8. The Morgan fingerprint density at radius 2 is 1.85 bits per heavy atom. The van der Waals surface area contributed by atoms with Crippen molar-refractivity contribution in [2.24, 2.45) is 0 Å². The van der Waals surface area contributed by atoms with Crippen molar-refractivity contribution in [2.45, 2.75) is 39.0 Å². The third-order valence-electron chi connectivity index (χ3n) is 3.35. The minimum atomic E-state index is -0.464. The predicted molar refractivity (Wildman–Crippen MR) is 79.4 cm³/mol. The first kappa shape index (κ1) is 14.9. The Morgan fingerprint density at radius 1 is 1.20 bits per heavy atom. The number of carbonyl (C=O) groups excluding carboxylic acids is 1. The maximum Gasteiger partial charge on any atom is 0.411 e. The van der Waals surface area contributed by atoms with Crippen molar-refractivity contribution in [1.82, 2.24) is 9.80 Å². The SMILES string of the molecule is CN1CCCN(C(=O)OC(C)(C)C)C1c1ccccc1. The Hall–Kier alpha value is -1.55. The van der Waals surface area contributed by atoms with Crippen LogP contribution in [0.1, 0.15) is 38.9 Å². The molecule has 0 N–H and O–H groups in total. The summed E-state index contributed by atoms with van der Waals surface area (Å²) in [6.45, 7) is 7.42. The normalized spacial score (nSPS) is 20.8. The van der Waals surface area contributed by atoms with Crippen molar-refractivity contribution in [1.29, 1.82) is 0 Å². The molecule has 2 rings (SSSR count). The van der Waals surface area contributed by atoms with Crippen molar-refractivity contribution in [2.75, 3.05) is 20.1 Å². The van der Waals surface area contributed by atoms with Crippen molar-refractivity contribution >= 4 is 6.09 Å². The molecule has 4 heteroatoms. The summed E-state index contributed by atoms with van der Waals surface area (Å²) in [7, 11) is 2.05. The molecule has 1 aromatic rings. The summed E-state index contributed by atoms with van der Waals surface area (Å²) in [6, 6.07) is 10.1. The van der Waals surface area contributed by atoms with E-state index in [9.17, 15) is 4.79 Å². The molecule has 0 aliphatic carbocycles. The van der Waals surface area contributed by atoms with Gasteiger partial charge in [-0.3, -0.25) is 9.80 Å². The van der Waals surface area contributed by atoms with Crippen LogP contribution in [0.4, 0.5) is 4.79 Å². The summed E-state index contributed by atoms with van der Waals surface area (Å²) < 4.78 is 5.54. The van der Waals surface area contributed by atoms with Crippen LogP contribution in [0.2, 0.25) is 0 Å². The van der Waals surface area contributed by atoms with Crippen molar-refractivity contribution < 1.29 is 9.53 Å². The van der Waals surface area contributed by atoms with Crippen LogP contribution >= 0.6 is 0 Å². The Morgan fingerprint density at radius 3 is 2.45 bits per heavy atom. The molecule has 1 heterocycles. The lowest BCUT2D eigenvalue weighted by atomic mass is 10.1. The molecular weight excluding hydrogens is 252 g/mol. The number of nitrogens with zero attached hydrogens (tertiary/aromatic N) is 2. The van der Waals surface area contributed by atoms with Crippen LogP contribution in [0.5, 0.6) is 0 Å². The van der Waals surface area contributed by atoms with Gasteiger partial charge in [0, 0.05) is 13.1 Å². The Bertz CT molecular complexity index is 453. The van der Waals surface area contributed by atoms with Gasteiger partial charge in [-0.1, -0.05) is 30.3 Å². The van der Waals surface area contributed by atoms with Gasteiger partial charge in [0.25, 0.3) is 0 Å². The Kier molecular flexibility index (Phi) is 4.33. The first-order chi connectivity index (χ1) is 9.38. The molecule has 4 nitrogen and oxygen atoms in total. The average molecular weight is 276 g/mol. The van der Waals surface area contributed by atoms with E-state index in [1.807, 2.05) is 50.9 Å². The number of amides is 1. The molecule has 110 valence electrons. The van der Waals surface area contributed by atoms with Crippen LogP contribution in [-0.4, -0.2) is 41.6 Å². The van der Waals surface area contributed by atoms with E-state index >= 15 is 0 Å². The molecule has 0 saturated carbocycles. The van der Waals surface area contributed by atoms with Gasteiger partial charge in [-0.15, -0.1) is 0 Å². The lowest BCUT2D eigenvalue weighted by Gasteiger charge is -2.42. The monoisotopic (exact) mass is 276 g/mol. The van der Waals surface area contributed by atoms with Crippen LogP contribution in [0.25, 0.3) is 0 Å². The summed E-state index contributed by atoms with van der Waals surface area (Å²) in [4.78, 5) is 16.4.